The highest BCUT2D eigenvalue weighted by Crippen LogP contribution is 2.14. The van der Waals surface area contributed by atoms with E-state index in [1.165, 1.54) is 0 Å². The molecule has 0 spiro atoms. The monoisotopic (exact) mass is 213 g/mol. The summed E-state index contributed by atoms with van der Waals surface area (Å²) in [5, 5.41) is 2.91. The second kappa shape index (κ2) is 7.43. The molecule has 1 saturated heterocycles. The molecule has 0 radical (unpaired) electrons. The fraction of sp³-hybridized carbons (Fsp3) is 0.727. The molecule has 0 aliphatic carbocycles. The van der Waals surface area contributed by atoms with E-state index < -0.39 is 0 Å². The molecule has 1 heterocycles. The zero-order valence-electron chi connectivity index (χ0n) is 9.04. The van der Waals surface area contributed by atoms with Crippen molar-refractivity contribution in [2.24, 2.45) is 5.92 Å². The minimum absolute atomic E-state index is 0.191. The summed E-state index contributed by atoms with van der Waals surface area (Å²) in [7, 11) is 0. The van der Waals surface area contributed by atoms with Gasteiger partial charge in [-0.15, -0.1) is 6.58 Å². The number of ether oxygens (including phenoxy) is 2. The van der Waals surface area contributed by atoms with Crippen molar-refractivity contribution in [3.8, 4) is 0 Å². The van der Waals surface area contributed by atoms with Crippen LogP contribution in [0.25, 0.3) is 0 Å². The van der Waals surface area contributed by atoms with Gasteiger partial charge in [-0.2, -0.15) is 0 Å². The first kappa shape index (κ1) is 12.2. The zero-order chi connectivity index (χ0) is 10.9. The van der Waals surface area contributed by atoms with Crippen LogP contribution in [-0.4, -0.2) is 38.9 Å². The van der Waals surface area contributed by atoms with Gasteiger partial charge in [0.2, 0.25) is 0 Å². The summed E-state index contributed by atoms with van der Waals surface area (Å²) in [4.78, 5) is 11.2. The molecular formula is C11H19NO3. The quantitative estimate of drug-likeness (QED) is 0.401. The van der Waals surface area contributed by atoms with Crippen molar-refractivity contribution in [2.75, 3.05) is 32.9 Å². The maximum atomic E-state index is 11.2. The van der Waals surface area contributed by atoms with Crippen molar-refractivity contribution >= 4 is 5.97 Å². The van der Waals surface area contributed by atoms with Crippen LogP contribution < -0.4 is 5.32 Å². The van der Waals surface area contributed by atoms with E-state index in [-0.39, 0.29) is 12.5 Å². The van der Waals surface area contributed by atoms with Gasteiger partial charge in [-0.1, -0.05) is 6.08 Å². The number of nitrogens with one attached hydrogen (secondary N) is 1. The molecule has 0 aromatic carbocycles. The summed E-state index contributed by atoms with van der Waals surface area (Å²) in [6, 6.07) is 0. The number of carbonyl (C=O) groups excluding carboxylic acids is 1. The standard InChI is InChI=1S/C11H19NO3/c1-2-5-12-8-11(13)15-9-10-3-6-14-7-4-10/h2,10,12H,1,3-9H2. The third kappa shape index (κ3) is 5.54. The number of hydrogen-bond acceptors (Lipinski definition) is 4. The molecule has 86 valence electrons. The van der Waals surface area contributed by atoms with E-state index in [0.29, 0.717) is 19.1 Å². The first-order chi connectivity index (χ1) is 7.33. The molecule has 1 N–H and O–H groups in total. The van der Waals surface area contributed by atoms with Crippen molar-refractivity contribution in [3.63, 3.8) is 0 Å². The Hall–Kier alpha value is -0.870. The van der Waals surface area contributed by atoms with Gasteiger partial charge < -0.3 is 14.8 Å². The average molecular weight is 213 g/mol. The van der Waals surface area contributed by atoms with E-state index in [9.17, 15) is 4.79 Å². The maximum Gasteiger partial charge on any atom is 0.319 e. The highest BCUT2D eigenvalue weighted by atomic mass is 16.5. The molecule has 1 aliphatic heterocycles. The van der Waals surface area contributed by atoms with Crippen molar-refractivity contribution in [1.82, 2.24) is 5.32 Å². The summed E-state index contributed by atoms with van der Waals surface area (Å²) in [6.45, 7) is 6.54. The zero-order valence-corrected chi connectivity index (χ0v) is 9.04. The van der Waals surface area contributed by atoms with Gasteiger partial charge in [0.1, 0.15) is 0 Å². The van der Waals surface area contributed by atoms with Crippen LogP contribution in [-0.2, 0) is 14.3 Å². The molecule has 0 bridgehead atoms. The fourth-order valence-electron chi connectivity index (χ4n) is 1.45. The van der Waals surface area contributed by atoms with Crippen LogP contribution in [0, 0.1) is 5.92 Å². The summed E-state index contributed by atoms with van der Waals surface area (Å²) in [6.07, 6.45) is 3.70. The van der Waals surface area contributed by atoms with Gasteiger partial charge in [-0.25, -0.2) is 0 Å². The van der Waals surface area contributed by atoms with Crippen molar-refractivity contribution in [1.29, 1.82) is 0 Å². The molecule has 1 aliphatic rings. The minimum atomic E-state index is -0.191. The molecule has 4 nitrogen and oxygen atoms in total. The first-order valence-electron chi connectivity index (χ1n) is 5.38. The van der Waals surface area contributed by atoms with Gasteiger partial charge in [0.05, 0.1) is 13.2 Å². The minimum Gasteiger partial charge on any atom is -0.464 e. The molecule has 0 amide bonds. The van der Waals surface area contributed by atoms with Crippen LogP contribution in [0.2, 0.25) is 0 Å². The average Bonchev–Trinajstić information content (AvgIpc) is 2.28. The lowest BCUT2D eigenvalue weighted by molar-refractivity contribution is -0.144. The van der Waals surface area contributed by atoms with Crippen LogP contribution in [0.4, 0.5) is 0 Å². The number of esters is 1. The van der Waals surface area contributed by atoms with Crippen molar-refractivity contribution < 1.29 is 14.3 Å². The summed E-state index contributed by atoms with van der Waals surface area (Å²) in [5.74, 6) is 0.283. The molecule has 0 saturated carbocycles. The normalized spacial score (nSPS) is 17.3. The van der Waals surface area contributed by atoms with E-state index in [4.69, 9.17) is 9.47 Å². The first-order valence-corrected chi connectivity index (χ1v) is 5.38. The fourth-order valence-corrected chi connectivity index (χ4v) is 1.45. The van der Waals surface area contributed by atoms with Gasteiger partial charge >= 0.3 is 5.97 Å². The molecular weight excluding hydrogens is 194 g/mol. The lowest BCUT2D eigenvalue weighted by atomic mass is 10.0. The second-order valence-corrected chi connectivity index (χ2v) is 3.66. The Balaban J connectivity index is 2.02. The molecule has 4 heteroatoms. The lowest BCUT2D eigenvalue weighted by Crippen LogP contribution is -2.28. The third-order valence-corrected chi connectivity index (χ3v) is 2.38. The molecule has 1 fully saturated rings. The van der Waals surface area contributed by atoms with Gasteiger partial charge in [-0.3, -0.25) is 4.79 Å². The molecule has 0 atom stereocenters. The highest BCUT2D eigenvalue weighted by Gasteiger charge is 2.15. The summed E-state index contributed by atoms with van der Waals surface area (Å²) >= 11 is 0. The molecule has 0 unspecified atom stereocenters. The van der Waals surface area contributed by atoms with E-state index in [0.717, 1.165) is 26.1 Å². The maximum absolute atomic E-state index is 11.2. The van der Waals surface area contributed by atoms with E-state index in [1.807, 2.05) is 0 Å². The molecule has 1 rings (SSSR count). The van der Waals surface area contributed by atoms with Crippen molar-refractivity contribution in [3.05, 3.63) is 12.7 Å². The van der Waals surface area contributed by atoms with Crippen molar-refractivity contribution in [2.45, 2.75) is 12.8 Å². The molecule has 15 heavy (non-hydrogen) atoms. The van der Waals surface area contributed by atoms with Crippen LogP contribution in [0.1, 0.15) is 12.8 Å². The smallest absolute Gasteiger partial charge is 0.319 e. The number of carbonyl (C=O) groups is 1. The Bertz CT molecular complexity index is 200. The molecule has 0 aromatic rings. The Labute approximate surface area is 90.6 Å². The summed E-state index contributed by atoms with van der Waals surface area (Å²) in [5.41, 5.74) is 0. The van der Waals surface area contributed by atoms with Crippen LogP contribution in [0.3, 0.4) is 0 Å². The van der Waals surface area contributed by atoms with Crippen LogP contribution in [0.5, 0.6) is 0 Å². The third-order valence-electron chi connectivity index (χ3n) is 2.38. The Morgan fingerprint density at radius 2 is 2.27 bits per heavy atom. The Kier molecular flexibility index (Phi) is 6.04. The predicted molar refractivity (Wildman–Crippen MR) is 57.6 cm³/mol. The Morgan fingerprint density at radius 1 is 1.53 bits per heavy atom. The molecule has 0 aromatic heterocycles. The number of hydrogen-bond donors (Lipinski definition) is 1. The highest BCUT2D eigenvalue weighted by molar-refractivity contribution is 5.71. The van der Waals surface area contributed by atoms with Gasteiger partial charge in [-0.05, 0) is 18.8 Å². The van der Waals surface area contributed by atoms with Crippen LogP contribution in [0.15, 0.2) is 12.7 Å². The van der Waals surface area contributed by atoms with Gasteiger partial charge in [0.15, 0.2) is 0 Å². The predicted octanol–water partition coefficient (Wildman–Crippen LogP) is 0.732. The second-order valence-electron chi connectivity index (χ2n) is 3.66. The lowest BCUT2D eigenvalue weighted by Gasteiger charge is -2.21. The van der Waals surface area contributed by atoms with Gasteiger partial charge in [0.25, 0.3) is 0 Å². The van der Waals surface area contributed by atoms with Crippen LogP contribution >= 0.6 is 0 Å². The number of rotatable bonds is 6. The van der Waals surface area contributed by atoms with E-state index in [2.05, 4.69) is 11.9 Å². The van der Waals surface area contributed by atoms with E-state index >= 15 is 0 Å². The SMILES string of the molecule is C=CCNCC(=O)OCC1CCOCC1. The summed E-state index contributed by atoms with van der Waals surface area (Å²) < 4.78 is 10.4. The Morgan fingerprint density at radius 3 is 2.93 bits per heavy atom. The van der Waals surface area contributed by atoms with E-state index in [1.54, 1.807) is 6.08 Å². The topological polar surface area (TPSA) is 47.6 Å². The largest absolute Gasteiger partial charge is 0.464 e. The van der Waals surface area contributed by atoms with Gasteiger partial charge in [0, 0.05) is 19.8 Å².